The third-order valence-electron chi connectivity index (χ3n) is 3.67. The van der Waals surface area contributed by atoms with Crippen LogP contribution in [0.1, 0.15) is 35.7 Å². The minimum Gasteiger partial charge on any atom is -0.478 e. The van der Waals surface area contributed by atoms with Gasteiger partial charge in [-0.1, -0.05) is 12.1 Å². The SMILES string of the molecule is CCOC(=O)C1=C(C)OC(N)=C(C#N)C1c1cccc(F)c1C(=O)O. The average Bonchev–Trinajstić information content (AvgIpc) is 2.53. The summed E-state index contributed by atoms with van der Waals surface area (Å²) in [6.07, 6.45) is 0. The van der Waals surface area contributed by atoms with E-state index in [-0.39, 0.29) is 35.0 Å². The minimum atomic E-state index is -1.53. The fourth-order valence-corrected chi connectivity index (χ4v) is 2.67. The van der Waals surface area contributed by atoms with Crippen molar-refractivity contribution in [3.05, 3.63) is 57.9 Å². The largest absolute Gasteiger partial charge is 0.478 e. The Bertz CT molecular complexity index is 851. The van der Waals surface area contributed by atoms with E-state index in [9.17, 15) is 24.3 Å². The van der Waals surface area contributed by atoms with E-state index in [0.29, 0.717) is 0 Å². The van der Waals surface area contributed by atoms with Gasteiger partial charge in [-0.05, 0) is 25.5 Å². The van der Waals surface area contributed by atoms with E-state index in [1.807, 2.05) is 6.07 Å². The number of allylic oxidation sites excluding steroid dienone is 2. The Morgan fingerprint density at radius 2 is 2.16 bits per heavy atom. The Hall–Kier alpha value is -3.34. The van der Waals surface area contributed by atoms with Crippen LogP contribution in [0.5, 0.6) is 0 Å². The standard InChI is InChI=1S/C17H15FN2O5/c1-3-24-17(23)12-8(2)25-15(20)10(7-19)13(12)9-5-4-6-11(18)14(9)16(21)22/h4-6,13H,3,20H2,1-2H3,(H,21,22). The number of rotatable bonds is 4. The fourth-order valence-electron chi connectivity index (χ4n) is 2.67. The third kappa shape index (κ3) is 3.17. The molecule has 1 aliphatic heterocycles. The maximum absolute atomic E-state index is 14.1. The van der Waals surface area contributed by atoms with Crippen LogP contribution in [0, 0.1) is 17.1 Å². The van der Waals surface area contributed by atoms with Gasteiger partial charge in [0.25, 0.3) is 0 Å². The quantitative estimate of drug-likeness (QED) is 0.801. The monoisotopic (exact) mass is 346 g/mol. The van der Waals surface area contributed by atoms with Crippen molar-refractivity contribution < 1.29 is 28.6 Å². The van der Waals surface area contributed by atoms with Crippen molar-refractivity contribution in [1.29, 1.82) is 5.26 Å². The number of carbonyl (C=O) groups excluding carboxylic acids is 1. The molecule has 0 saturated carbocycles. The van der Waals surface area contributed by atoms with Gasteiger partial charge in [-0.15, -0.1) is 0 Å². The Morgan fingerprint density at radius 3 is 2.72 bits per heavy atom. The minimum absolute atomic E-state index is 0.0539. The zero-order valence-electron chi connectivity index (χ0n) is 13.5. The Kier molecular flexibility index (Phi) is 5.08. The zero-order valence-corrected chi connectivity index (χ0v) is 13.5. The van der Waals surface area contributed by atoms with Crippen molar-refractivity contribution in [2.75, 3.05) is 6.61 Å². The summed E-state index contributed by atoms with van der Waals surface area (Å²) in [4.78, 5) is 23.9. The van der Waals surface area contributed by atoms with E-state index in [4.69, 9.17) is 15.2 Å². The molecule has 0 aliphatic carbocycles. The zero-order chi connectivity index (χ0) is 18.7. The van der Waals surface area contributed by atoms with Crippen LogP contribution in [0.4, 0.5) is 4.39 Å². The van der Waals surface area contributed by atoms with Gasteiger partial charge in [0.05, 0.1) is 23.7 Å². The topological polar surface area (TPSA) is 123 Å². The van der Waals surface area contributed by atoms with E-state index >= 15 is 0 Å². The molecule has 0 saturated heterocycles. The van der Waals surface area contributed by atoms with E-state index in [1.165, 1.54) is 19.1 Å². The molecule has 1 unspecified atom stereocenters. The number of carboxylic acid groups (broad SMARTS) is 1. The Morgan fingerprint density at radius 1 is 1.48 bits per heavy atom. The molecule has 0 amide bonds. The van der Waals surface area contributed by atoms with Crippen LogP contribution in [-0.2, 0) is 14.3 Å². The molecule has 1 heterocycles. The van der Waals surface area contributed by atoms with E-state index < -0.39 is 29.2 Å². The molecule has 0 bridgehead atoms. The van der Waals surface area contributed by atoms with Crippen LogP contribution in [0.15, 0.2) is 41.0 Å². The maximum Gasteiger partial charge on any atom is 0.339 e. The van der Waals surface area contributed by atoms with E-state index in [0.717, 1.165) is 6.07 Å². The number of carbonyl (C=O) groups is 2. The molecule has 3 N–H and O–H groups in total. The molecule has 1 aromatic rings. The molecule has 1 aliphatic rings. The lowest BCUT2D eigenvalue weighted by atomic mass is 9.81. The van der Waals surface area contributed by atoms with Gasteiger partial charge in [0.2, 0.25) is 5.88 Å². The number of nitrogens with two attached hydrogens (primary N) is 1. The predicted octanol–water partition coefficient (Wildman–Crippen LogP) is 2.17. The molecule has 8 heteroatoms. The van der Waals surface area contributed by atoms with Crippen molar-refractivity contribution in [3.63, 3.8) is 0 Å². The van der Waals surface area contributed by atoms with Crippen LogP contribution in [-0.4, -0.2) is 23.7 Å². The number of nitriles is 1. The summed E-state index contributed by atoms with van der Waals surface area (Å²) in [5, 5.41) is 18.8. The second-order valence-electron chi connectivity index (χ2n) is 5.12. The molecular formula is C17H15FN2O5. The van der Waals surface area contributed by atoms with Gasteiger partial charge in [-0.3, -0.25) is 0 Å². The first-order chi connectivity index (χ1) is 11.8. The lowest BCUT2D eigenvalue weighted by Crippen LogP contribution is -2.27. The highest BCUT2D eigenvalue weighted by Gasteiger charge is 2.38. The van der Waals surface area contributed by atoms with Crippen molar-refractivity contribution in [2.45, 2.75) is 19.8 Å². The molecule has 0 radical (unpaired) electrons. The lowest BCUT2D eigenvalue weighted by molar-refractivity contribution is -0.139. The summed E-state index contributed by atoms with van der Waals surface area (Å²) in [6, 6.07) is 5.39. The van der Waals surface area contributed by atoms with Gasteiger partial charge < -0.3 is 20.3 Å². The highest BCUT2D eigenvalue weighted by Crippen LogP contribution is 2.41. The molecule has 25 heavy (non-hydrogen) atoms. The van der Waals surface area contributed by atoms with Crippen molar-refractivity contribution in [2.24, 2.45) is 5.73 Å². The molecule has 130 valence electrons. The van der Waals surface area contributed by atoms with Gasteiger partial charge in [0.15, 0.2) is 0 Å². The second kappa shape index (κ2) is 7.05. The Labute approximate surface area is 142 Å². The molecular weight excluding hydrogens is 331 g/mol. The number of hydrogen-bond acceptors (Lipinski definition) is 6. The normalized spacial score (nSPS) is 17.0. The number of benzene rings is 1. The van der Waals surface area contributed by atoms with Gasteiger partial charge in [0.1, 0.15) is 23.2 Å². The van der Waals surface area contributed by atoms with Crippen LogP contribution < -0.4 is 5.73 Å². The van der Waals surface area contributed by atoms with Gasteiger partial charge in [0, 0.05) is 0 Å². The second-order valence-corrected chi connectivity index (χ2v) is 5.12. The molecule has 1 aromatic carbocycles. The summed E-state index contributed by atoms with van der Waals surface area (Å²) in [7, 11) is 0. The average molecular weight is 346 g/mol. The number of ether oxygens (including phenoxy) is 2. The third-order valence-corrected chi connectivity index (χ3v) is 3.67. The number of aromatic carboxylic acids is 1. The highest BCUT2D eigenvalue weighted by molar-refractivity contribution is 5.95. The fraction of sp³-hybridized carbons (Fsp3) is 0.235. The number of carboxylic acids is 1. The number of nitrogens with zero attached hydrogens (tertiary/aromatic N) is 1. The van der Waals surface area contributed by atoms with E-state index in [1.54, 1.807) is 6.92 Å². The van der Waals surface area contributed by atoms with Crippen molar-refractivity contribution in [1.82, 2.24) is 0 Å². The van der Waals surface area contributed by atoms with Crippen LogP contribution in [0.3, 0.4) is 0 Å². The first-order valence-corrected chi connectivity index (χ1v) is 7.30. The summed E-state index contributed by atoms with van der Waals surface area (Å²) in [6.45, 7) is 3.07. The van der Waals surface area contributed by atoms with Crippen molar-refractivity contribution in [3.8, 4) is 6.07 Å². The smallest absolute Gasteiger partial charge is 0.339 e. The summed E-state index contributed by atoms with van der Waals surface area (Å²) < 4.78 is 24.3. The number of hydrogen-bond donors (Lipinski definition) is 2. The van der Waals surface area contributed by atoms with Crippen LogP contribution >= 0.6 is 0 Å². The summed E-state index contributed by atoms with van der Waals surface area (Å²) in [5.41, 5.74) is 4.69. The maximum atomic E-state index is 14.1. The highest BCUT2D eigenvalue weighted by atomic mass is 19.1. The number of halogens is 1. The summed E-state index contributed by atoms with van der Waals surface area (Å²) in [5.74, 6) is -4.76. The van der Waals surface area contributed by atoms with Gasteiger partial charge >= 0.3 is 11.9 Å². The molecule has 0 fully saturated rings. The molecule has 0 spiro atoms. The van der Waals surface area contributed by atoms with Crippen LogP contribution in [0.25, 0.3) is 0 Å². The van der Waals surface area contributed by atoms with Gasteiger partial charge in [-0.25, -0.2) is 14.0 Å². The van der Waals surface area contributed by atoms with Crippen molar-refractivity contribution >= 4 is 11.9 Å². The lowest BCUT2D eigenvalue weighted by Gasteiger charge is -2.27. The predicted molar refractivity (Wildman–Crippen MR) is 83.3 cm³/mol. The van der Waals surface area contributed by atoms with Crippen LogP contribution in [0.2, 0.25) is 0 Å². The molecule has 7 nitrogen and oxygen atoms in total. The summed E-state index contributed by atoms with van der Waals surface area (Å²) >= 11 is 0. The van der Waals surface area contributed by atoms with Gasteiger partial charge in [-0.2, -0.15) is 5.26 Å². The molecule has 1 atom stereocenters. The van der Waals surface area contributed by atoms with E-state index in [2.05, 4.69) is 0 Å². The Balaban J connectivity index is 2.79. The molecule has 2 rings (SSSR count). The molecule has 0 aromatic heterocycles. The first kappa shape index (κ1) is 18.0. The number of esters is 1. The first-order valence-electron chi connectivity index (χ1n) is 7.30.